The molecule has 116 valence electrons. The Balaban J connectivity index is 1.91. The van der Waals surface area contributed by atoms with Crippen molar-refractivity contribution in [2.24, 2.45) is 0 Å². The van der Waals surface area contributed by atoms with Gasteiger partial charge in [0.15, 0.2) is 0 Å². The molecule has 0 radical (unpaired) electrons. The molecule has 1 aromatic carbocycles. The zero-order valence-electron chi connectivity index (χ0n) is 12.4. The lowest BCUT2D eigenvalue weighted by Crippen LogP contribution is -2.26. The zero-order chi connectivity index (χ0) is 16.1. The van der Waals surface area contributed by atoms with Crippen LogP contribution in [0.15, 0.2) is 40.8 Å². The van der Waals surface area contributed by atoms with Gasteiger partial charge < -0.3 is 19.2 Å². The summed E-state index contributed by atoms with van der Waals surface area (Å²) in [6.07, 6.45) is -0.505. The Morgan fingerprint density at radius 2 is 1.95 bits per heavy atom. The number of hydrogen-bond acceptors (Lipinski definition) is 4. The van der Waals surface area contributed by atoms with Crippen molar-refractivity contribution in [3.8, 4) is 0 Å². The van der Waals surface area contributed by atoms with Crippen LogP contribution in [0.3, 0.4) is 0 Å². The number of hydrogen-bond donors (Lipinski definition) is 1. The lowest BCUT2D eigenvalue weighted by molar-refractivity contribution is 0.0695. The molecular weight excluding hydrogens is 286 g/mol. The molecule has 6 nitrogen and oxygen atoms in total. The van der Waals surface area contributed by atoms with Crippen molar-refractivity contribution in [2.45, 2.75) is 20.1 Å². The van der Waals surface area contributed by atoms with Gasteiger partial charge in [0.05, 0.1) is 6.54 Å². The lowest BCUT2D eigenvalue weighted by atomic mass is 10.2. The third kappa shape index (κ3) is 3.88. The van der Waals surface area contributed by atoms with Crippen LogP contribution < -0.4 is 0 Å². The van der Waals surface area contributed by atoms with Gasteiger partial charge in [-0.1, -0.05) is 30.3 Å². The summed E-state index contributed by atoms with van der Waals surface area (Å²) in [5, 5.41) is 8.97. The molecule has 1 aromatic heterocycles. The van der Waals surface area contributed by atoms with Crippen molar-refractivity contribution in [1.82, 2.24) is 4.90 Å². The molecule has 22 heavy (non-hydrogen) atoms. The molecule has 0 unspecified atom stereocenters. The van der Waals surface area contributed by atoms with Crippen molar-refractivity contribution in [1.29, 1.82) is 0 Å². The van der Waals surface area contributed by atoms with Gasteiger partial charge in [0.25, 0.3) is 0 Å². The highest BCUT2D eigenvalue weighted by atomic mass is 16.6. The second-order valence-corrected chi connectivity index (χ2v) is 4.88. The second-order valence-electron chi connectivity index (χ2n) is 4.88. The molecule has 6 heteroatoms. The number of furan rings is 1. The Kier molecular flexibility index (Phi) is 4.83. The van der Waals surface area contributed by atoms with Crippen LogP contribution in [0.25, 0.3) is 0 Å². The van der Waals surface area contributed by atoms with Gasteiger partial charge in [0.1, 0.15) is 23.7 Å². The van der Waals surface area contributed by atoms with Gasteiger partial charge in [0, 0.05) is 7.05 Å². The van der Waals surface area contributed by atoms with Crippen molar-refractivity contribution in [3.63, 3.8) is 0 Å². The maximum atomic E-state index is 11.9. The predicted octanol–water partition coefficient (Wildman–Crippen LogP) is 3.05. The maximum Gasteiger partial charge on any atom is 0.410 e. The van der Waals surface area contributed by atoms with Gasteiger partial charge in [-0.2, -0.15) is 0 Å². The fraction of sp³-hybridized carbons (Fsp3) is 0.250. The Hall–Kier alpha value is -2.76. The lowest BCUT2D eigenvalue weighted by Gasteiger charge is -2.15. The standard InChI is InChI=1S/C16H17NO5/c1-11-14(15(18)19)8-13(22-11)9-17(2)16(20)21-10-12-6-4-3-5-7-12/h3-8H,9-10H2,1-2H3,(H,18,19). The smallest absolute Gasteiger partial charge is 0.410 e. The number of rotatable bonds is 5. The van der Waals surface area contributed by atoms with Crippen LogP contribution in [-0.4, -0.2) is 29.1 Å². The van der Waals surface area contributed by atoms with E-state index < -0.39 is 12.1 Å². The minimum absolute atomic E-state index is 0.0982. The van der Waals surface area contributed by atoms with E-state index in [9.17, 15) is 9.59 Å². The highest BCUT2D eigenvalue weighted by Crippen LogP contribution is 2.16. The van der Waals surface area contributed by atoms with Crippen LogP contribution in [-0.2, 0) is 17.9 Å². The first-order valence-electron chi connectivity index (χ1n) is 6.72. The molecule has 0 atom stereocenters. The minimum atomic E-state index is -1.05. The summed E-state index contributed by atoms with van der Waals surface area (Å²) in [7, 11) is 1.56. The van der Waals surface area contributed by atoms with E-state index in [-0.39, 0.29) is 18.7 Å². The topological polar surface area (TPSA) is 80.0 Å². The molecule has 0 aliphatic carbocycles. The number of aryl methyl sites for hydroxylation is 1. The van der Waals surface area contributed by atoms with E-state index in [2.05, 4.69) is 0 Å². The van der Waals surface area contributed by atoms with Crippen LogP contribution in [0.2, 0.25) is 0 Å². The summed E-state index contributed by atoms with van der Waals surface area (Å²) in [5.74, 6) is -0.343. The van der Waals surface area contributed by atoms with E-state index in [1.165, 1.54) is 11.0 Å². The molecule has 2 rings (SSSR count). The third-order valence-electron chi connectivity index (χ3n) is 3.11. The number of ether oxygens (including phenoxy) is 1. The summed E-state index contributed by atoms with van der Waals surface area (Å²) in [5.41, 5.74) is 0.993. The quantitative estimate of drug-likeness (QED) is 0.918. The highest BCUT2D eigenvalue weighted by Gasteiger charge is 2.17. The number of nitrogens with zero attached hydrogens (tertiary/aromatic N) is 1. The second kappa shape index (κ2) is 6.80. The number of carboxylic acid groups (broad SMARTS) is 1. The fourth-order valence-corrected chi connectivity index (χ4v) is 1.96. The largest absolute Gasteiger partial charge is 0.478 e. The molecule has 0 spiro atoms. The Labute approximate surface area is 127 Å². The zero-order valence-corrected chi connectivity index (χ0v) is 12.4. The summed E-state index contributed by atoms with van der Waals surface area (Å²) < 4.78 is 10.5. The first kappa shape index (κ1) is 15.6. The summed E-state index contributed by atoms with van der Waals surface area (Å²) in [6, 6.07) is 10.8. The van der Waals surface area contributed by atoms with E-state index in [0.717, 1.165) is 5.56 Å². The van der Waals surface area contributed by atoms with E-state index in [1.54, 1.807) is 14.0 Å². The van der Waals surface area contributed by atoms with Gasteiger partial charge >= 0.3 is 12.1 Å². The molecular formula is C16H17NO5. The molecule has 1 N–H and O–H groups in total. The number of carbonyl (C=O) groups is 2. The van der Waals surface area contributed by atoms with Crippen LogP contribution in [0, 0.1) is 6.92 Å². The summed E-state index contributed by atoms with van der Waals surface area (Å²) >= 11 is 0. The number of carboxylic acids is 1. The summed E-state index contributed by atoms with van der Waals surface area (Å²) in [6.45, 7) is 1.89. The molecule has 0 saturated carbocycles. The third-order valence-corrected chi connectivity index (χ3v) is 3.11. The van der Waals surface area contributed by atoms with Crippen LogP contribution in [0.1, 0.15) is 27.4 Å². The molecule has 0 bridgehead atoms. The average Bonchev–Trinajstić information content (AvgIpc) is 2.86. The van der Waals surface area contributed by atoms with E-state index in [4.69, 9.17) is 14.3 Å². The fourth-order valence-electron chi connectivity index (χ4n) is 1.96. The SMILES string of the molecule is Cc1oc(CN(C)C(=O)OCc2ccccc2)cc1C(=O)O. The Morgan fingerprint density at radius 3 is 2.55 bits per heavy atom. The molecule has 0 fully saturated rings. The van der Waals surface area contributed by atoms with Crippen molar-refractivity contribution >= 4 is 12.1 Å². The van der Waals surface area contributed by atoms with E-state index in [1.807, 2.05) is 30.3 Å². The van der Waals surface area contributed by atoms with Crippen LogP contribution >= 0.6 is 0 Å². The van der Waals surface area contributed by atoms with Crippen molar-refractivity contribution in [2.75, 3.05) is 7.05 Å². The van der Waals surface area contributed by atoms with Crippen molar-refractivity contribution in [3.05, 3.63) is 59.0 Å². The minimum Gasteiger partial charge on any atom is -0.478 e. The summed E-state index contributed by atoms with van der Waals surface area (Å²) in [4.78, 5) is 24.2. The number of amides is 1. The molecule has 0 saturated heterocycles. The molecule has 2 aromatic rings. The van der Waals surface area contributed by atoms with Crippen molar-refractivity contribution < 1.29 is 23.8 Å². The van der Waals surface area contributed by atoms with Gasteiger partial charge in [-0.15, -0.1) is 0 Å². The molecule has 1 amide bonds. The molecule has 1 heterocycles. The van der Waals surface area contributed by atoms with Crippen LogP contribution in [0.5, 0.6) is 0 Å². The first-order chi connectivity index (χ1) is 10.5. The van der Waals surface area contributed by atoms with E-state index in [0.29, 0.717) is 11.5 Å². The maximum absolute atomic E-state index is 11.9. The Morgan fingerprint density at radius 1 is 1.27 bits per heavy atom. The highest BCUT2D eigenvalue weighted by molar-refractivity contribution is 5.88. The number of benzene rings is 1. The van der Waals surface area contributed by atoms with Gasteiger partial charge in [-0.3, -0.25) is 0 Å². The Bertz CT molecular complexity index is 662. The number of carbonyl (C=O) groups excluding carboxylic acids is 1. The van der Waals surface area contributed by atoms with Gasteiger partial charge in [0.2, 0.25) is 0 Å². The normalized spacial score (nSPS) is 10.3. The van der Waals surface area contributed by atoms with Crippen LogP contribution in [0.4, 0.5) is 4.79 Å². The average molecular weight is 303 g/mol. The molecule has 0 aliphatic rings. The monoisotopic (exact) mass is 303 g/mol. The number of aromatic carboxylic acids is 1. The first-order valence-corrected chi connectivity index (χ1v) is 6.72. The van der Waals surface area contributed by atoms with Gasteiger partial charge in [-0.25, -0.2) is 9.59 Å². The molecule has 0 aliphatic heterocycles. The van der Waals surface area contributed by atoms with E-state index >= 15 is 0 Å². The predicted molar refractivity (Wildman–Crippen MR) is 78.5 cm³/mol. The van der Waals surface area contributed by atoms with Gasteiger partial charge in [-0.05, 0) is 18.6 Å².